The van der Waals surface area contributed by atoms with E-state index in [1.54, 1.807) is 0 Å². The molecule has 1 heterocycles. The predicted molar refractivity (Wildman–Crippen MR) is 291 cm³/mol. The van der Waals surface area contributed by atoms with E-state index in [1.165, 1.54) is 212 Å². The normalized spacial score (nSPS) is 19.6. The quantitative estimate of drug-likeness (QED) is 0.0291. The largest absolute Gasteiger partial charge is 0.447 e. The highest BCUT2D eigenvalue weighted by molar-refractivity contribution is 5.67. The number of nitrogens with one attached hydrogen (secondary N) is 2. The molecule has 0 aromatic heterocycles. The minimum atomic E-state index is -1.59. The number of hydrogen-bond acceptors (Lipinski definition) is 10. The van der Waals surface area contributed by atoms with E-state index >= 15 is 0 Å². The number of unbranched alkanes of at least 4 members (excludes halogenated alkanes) is 39. The molecule has 1 amide bonds. The van der Waals surface area contributed by atoms with Gasteiger partial charge in [0, 0.05) is 6.54 Å². The van der Waals surface area contributed by atoms with Gasteiger partial charge in [-0.15, -0.1) is 0 Å². The van der Waals surface area contributed by atoms with Crippen LogP contribution < -0.4 is 10.6 Å². The number of aliphatic hydroxyl groups is 5. The van der Waals surface area contributed by atoms with Crippen molar-refractivity contribution in [2.24, 2.45) is 0 Å². The first-order valence-electron chi connectivity index (χ1n) is 30.6. The van der Waals surface area contributed by atoms with Crippen LogP contribution in [0, 0.1) is 0 Å². The van der Waals surface area contributed by atoms with Gasteiger partial charge in [-0.05, 0) is 25.8 Å². The van der Waals surface area contributed by atoms with E-state index in [1.807, 2.05) is 0 Å². The summed E-state index contributed by atoms with van der Waals surface area (Å²) in [7, 11) is 0. The zero-order valence-corrected chi connectivity index (χ0v) is 46.2. The number of amides is 1. The Bertz CT molecular complexity index is 1090. The molecule has 0 bridgehead atoms. The van der Waals surface area contributed by atoms with Gasteiger partial charge in [-0.1, -0.05) is 278 Å². The van der Waals surface area contributed by atoms with Crippen LogP contribution in [-0.2, 0) is 14.2 Å². The van der Waals surface area contributed by atoms with Gasteiger partial charge in [0.2, 0.25) is 0 Å². The number of carbonyl (C=O) groups excluding carboxylic acids is 1. The molecule has 11 nitrogen and oxygen atoms in total. The second-order valence-electron chi connectivity index (χ2n) is 21.6. The lowest BCUT2D eigenvalue weighted by Crippen LogP contribution is -2.60. The topological polar surface area (TPSA) is 170 Å². The molecule has 1 fully saturated rings. The van der Waals surface area contributed by atoms with Crippen LogP contribution in [0.1, 0.15) is 297 Å². The number of hydrogen-bond donors (Lipinski definition) is 7. The molecular formula is C59H118N2O9. The monoisotopic (exact) mass is 999 g/mol. The standard InChI is InChI=1S/C59H118N2O9/c1-4-7-10-13-16-18-20-22-23-24-25-26-27-28-29-30-31-32-33-35-37-39-42-44-47-60-51(54(63)52(62)46-43-40-38-36-34-21-19-17-14-11-8-5-2)49-68-58-57(66)56(65)55(64)53(70-58)50-69-59(67)61-48-45-41-15-12-9-6-3/h51-58,60,62-66H,4-50H2,1-3H3,(H,61,67)/t51-,52+,53+,54-,55-,56-,57+,58-/m0/s1. The minimum absolute atomic E-state index is 0.104. The Morgan fingerprint density at radius 2 is 0.800 bits per heavy atom. The smallest absolute Gasteiger partial charge is 0.407 e. The number of alkyl carbamates (subject to hydrolysis) is 1. The van der Waals surface area contributed by atoms with Gasteiger partial charge in [0.05, 0.1) is 24.9 Å². The highest BCUT2D eigenvalue weighted by atomic mass is 16.7. The predicted octanol–water partition coefficient (Wildman–Crippen LogP) is 14.1. The van der Waals surface area contributed by atoms with E-state index in [0.717, 1.165) is 57.8 Å². The molecule has 1 aliphatic rings. The third kappa shape index (κ3) is 38.5. The molecule has 11 heteroatoms. The molecule has 418 valence electrons. The lowest BCUT2D eigenvalue weighted by Gasteiger charge is -2.40. The first kappa shape index (κ1) is 67.0. The second-order valence-corrected chi connectivity index (χ2v) is 21.6. The van der Waals surface area contributed by atoms with Gasteiger partial charge >= 0.3 is 6.09 Å². The Hall–Kier alpha value is -1.05. The van der Waals surface area contributed by atoms with Gasteiger partial charge in [0.15, 0.2) is 6.29 Å². The number of aliphatic hydroxyl groups excluding tert-OH is 5. The zero-order chi connectivity index (χ0) is 51.0. The second kappa shape index (κ2) is 50.1. The van der Waals surface area contributed by atoms with Crippen molar-refractivity contribution < 1.29 is 44.5 Å². The SMILES string of the molecule is CCCCCCCCCCCCCCCCCCCCCCCCCCN[C@@H](CO[C@H]1O[C@H](COC(=O)NCCCCCCCC)[C@H](O)[C@H](O)[C@H]1O)[C@H](O)[C@H](O)CCCCCCCCCCCCCC. The van der Waals surface area contributed by atoms with Crippen molar-refractivity contribution in [2.45, 2.75) is 346 Å². The Morgan fingerprint density at radius 1 is 0.457 bits per heavy atom. The van der Waals surface area contributed by atoms with Gasteiger partial charge < -0.3 is 50.4 Å². The van der Waals surface area contributed by atoms with Crippen molar-refractivity contribution >= 4 is 6.09 Å². The summed E-state index contributed by atoms with van der Waals surface area (Å²) in [5, 5.41) is 60.9. The summed E-state index contributed by atoms with van der Waals surface area (Å²) in [5.74, 6) is 0. The van der Waals surface area contributed by atoms with Gasteiger partial charge in [-0.3, -0.25) is 0 Å². The molecule has 1 saturated heterocycles. The van der Waals surface area contributed by atoms with Crippen molar-refractivity contribution in [3.63, 3.8) is 0 Å². The summed E-state index contributed by atoms with van der Waals surface area (Å²) in [6, 6.07) is -0.654. The molecule has 0 aliphatic carbocycles. The van der Waals surface area contributed by atoms with Gasteiger partial charge in [0.1, 0.15) is 31.0 Å². The maximum absolute atomic E-state index is 12.4. The van der Waals surface area contributed by atoms with E-state index in [-0.39, 0.29) is 13.2 Å². The molecule has 0 saturated carbocycles. The average molecular weight is 1000 g/mol. The van der Waals surface area contributed by atoms with Crippen molar-refractivity contribution in [2.75, 3.05) is 26.3 Å². The maximum Gasteiger partial charge on any atom is 0.407 e. The lowest BCUT2D eigenvalue weighted by molar-refractivity contribution is -0.303. The van der Waals surface area contributed by atoms with E-state index in [2.05, 4.69) is 31.4 Å². The van der Waals surface area contributed by atoms with E-state index in [4.69, 9.17) is 14.2 Å². The van der Waals surface area contributed by atoms with Crippen LogP contribution in [0.3, 0.4) is 0 Å². The number of ether oxygens (including phenoxy) is 3. The molecular weight excluding hydrogens is 881 g/mol. The Morgan fingerprint density at radius 3 is 1.19 bits per heavy atom. The van der Waals surface area contributed by atoms with Crippen molar-refractivity contribution in [1.29, 1.82) is 0 Å². The summed E-state index contributed by atoms with van der Waals surface area (Å²) in [5.41, 5.74) is 0. The van der Waals surface area contributed by atoms with Crippen LogP contribution in [-0.4, -0.2) is 107 Å². The van der Waals surface area contributed by atoms with Crippen LogP contribution >= 0.6 is 0 Å². The molecule has 70 heavy (non-hydrogen) atoms. The minimum Gasteiger partial charge on any atom is -0.447 e. The van der Waals surface area contributed by atoms with E-state index in [9.17, 15) is 30.3 Å². The van der Waals surface area contributed by atoms with Crippen molar-refractivity contribution in [1.82, 2.24) is 10.6 Å². The molecule has 0 radical (unpaired) electrons. The van der Waals surface area contributed by atoms with Crippen LogP contribution in [0.15, 0.2) is 0 Å². The highest BCUT2D eigenvalue weighted by Gasteiger charge is 2.45. The van der Waals surface area contributed by atoms with E-state index < -0.39 is 55.0 Å². The summed E-state index contributed by atoms with van der Waals surface area (Å²) < 4.78 is 17.2. The average Bonchev–Trinajstić information content (AvgIpc) is 3.36. The third-order valence-electron chi connectivity index (χ3n) is 14.9. The fraction of sp³-hybridized carbons (Fsp3) is 0.983. The molecule has 0 unspecified atom stereocenters. The highest BCUT2D eigenvalue weighted by Crippen LogP contribution is 2.24. The Balaban J connectivity index is 2.42. The molecule has 1 rings (SSSR count). The summed E-state index contributed by atoms with van der Waals surface area (Å²) in [6.07, 6.45) is 44.2. The molecule has 8 atom stereocenters. The fourth-order valence-corrected chi connectivity index (χ4v) is 9.98. The first-order chi connectivity index (χ1) is 34.3. The molecule has 0 aromatic rings. The zero-order valence-electron chi connectivity index (χ0n) is 46.2. The number of carbonyl (C=O) groups is 1. The first-order valence-corrected chi connectivity index (χ1v) is 30.6. The third-order valence-corrected chi connectivity index (χ3v) is 14.9. The van der Waals surface area contributed by atoms with Crippen LogP contribution in [0.25, 0.3) is 0 Å². The van der Waals surface area contributed by atoms with Crippen LogP contribution in [0.4, 0.5) is 4.79 Å². The van der Waals surface area contributed by atoms with Crippen LogP contribution in [0.2, 0.25) is 0 Å². The fourth-order valence-electron chi connectivity index (χ4n) is 9.98. The van der Waals surface area contributed by atoms with Crippen molar-refractivity contribution in [3.05, 3.63) is 0 Å². The van der Waals surface area contributed by atoms with Crippen LogP contribution in [0.5, 0.6) is 0 Å². The molecule has 0 spiro atoms. The maximum atomic E-state index is 12.4. The van der Waals surface area contributed by atoms with Gasteiger partial charge in [-0.25, -0.2) is 4.79 Å². The van der Waals surface area contributed by atoms with E-state index in [0.29, 0.717) is 19.5 Å². The molecule has 7 N–H and O–H groups in total. The van der Waals surface area contributed by atoms with Crippen molar-refractivity contribution in [3.8, 4) is 0 Å². The Kier molecular flexibility index (Phi) is 48.0. The lowest BCUT2D eigenvalue weighted by atomic mass is 9.98. The summed E-state index contributed by atoms with van der Waals surface area (Å²) >= 11 is 0. The summed E-state index contributed by atoms with van der Waals surface area (Å²) in [4.78, 5) is 12.4. The Labute approximate surface area is 431 Å². The van der Waals surface area contributed by atoms with Gasteiger partial charge in [0.25, 0.3) is 0 Å². The number of rotatable bonds is 53. The van der Waals surface area contributed by atoms with Gasteiger partial charge in [-0.2, -0.15) is 0 Å². The molecule has 0 aromatic carbocycles. The molecule has 1 aliphatic heterocycles. The summed E-state index contributed by atoms with van der Waals surface area (Å²) in [6.45, 7) is 7.39.